The van der Waals surface area contributed by atoms with Gasteiger partial charge in [-0.25, -0.2) is 4.79 Å². The van der Waals surface area contributed by atoms with Crippen molar-refractivity contribution in [2.45, 2.75) is 6.92 Å². The van der Waals surface area contributed by atoms with Crippen LogP contribution in [0.15, 0.2) is 21.1 Å². The first-order valence-electron chi connectivity index (χ1n) is 4.16. The molecule has 0 heterocycles. The molecule has 0 fully saturated rings. The molecular weight excluding hydrogens is 326 g/mol. The van der Waals surface area contributed by atoms with E-state index in [1.54, 1.807) is 19.1 Å². The highest BCUT2D eigenvalue weighted by Crippen LogP contribution is 2.26. The smallest absolute Gasteiger partial charge is 0.340 e. The number of carbonyl (C=O) groups is 1. The number of nitriles is 1. The van der Waals surface area contributed by atoms with E-state index in [0.29, 0.717) is 4.47 Å². The molecule has 3 nitrogen and oxygen atoms in total. The lowest BCUT2D eigenvalue weighted by molar-refractivity contribution is 0.0525. The second-order valence-corrected chi connectivity index (χ2v) is 4.41. The van der Waals surface area contributed by atoms with Crippen molar-refractivity contribution in [1.29, 1.82) is 5.26 Å². The molecule has 0 unspecified atom stereocenters. The van der Waals surface area contributed by atoms with Crippen LogP contribution >= 0.6 is 31.9 Å². The van der Waals surface area contributed by atoms with E-state index in [1.165, 1.54) is 0 Å². The standard InChI is InChI=1S/C10H7Br2NO2/c1-2-15-10(14)9-6(5-13)3-7(11)4-8(9)12/h3-4H,2H2,1H3. The second-order valence-electron chi connectivity index (χ2n) is 2.64. The first kappa shape index (κ1) is 12.2. The zero-order chi connectivity index (χ0) is 11.4. The van der Waals surface area contributed by atoms with Crippen LogP contribution in [0, 0.1) is 11.3 Å². The fraction of sp³-hybridized carbons (Fsp3) is 0.200. The topological polar surface area (TPSA) is 50.1 Å². The van der Waals surface area contributed by atoms with Gasteiger partial charge in [0.25, 0.3) is 0 Å². The number of hydrogen-bond donors (Lipinski definition) is 0. The Labute approximate surface area is 104 Å². The molecule has 0 amide bonds. The molecule has 1 rings (SSSR count). The average molecular weight is 333 g/mol. The Morgan fingerprint density at radius 1 is 1.53 bits per heavy atom. The summed E-state index contributed by atoms with van der Waals surface area (Å²) in [6.45, 7) is 2.00. The lowest BCUT2D eigenvalue weighted by Gasteiger charge is -2.06. The third-order valence-corrected chi connectivity index (χ3v) is 2.74. The summed E-state index contributed by atoms with van der Waals surface area (Å²) < 4.78 is 6.14. The quantitative estimate of drug-likeness (QED) is 0.781. The minimum absolute atomic E-state index is 0.266. The van der Waals surface area contributed by atoms with E-state index >= 15 is 0 Å². The van der Waals surface area contributed by atoms with Gasteiger partial charge in [-0.3, -0.25) is 0 Å². The van der Waals surface area contributed by atoms with Gasteiger partial charge in [0.15, 0.2) is 0 Å². The maximum absolute atomic E-state index is 11.5. The minimum Gasteiger partial charge on any atom is -0.462 e. The molecule has 78 valence electrons. The third kappa shape index (κ3) is 2.80. The summed E-state index contributed by atoms with van der Waals surface area (Å²) in [5.74, 6) is -0.492. The van der Waals surface area contributed by atoms with Crippen molar-refractivity contribution in [1.82, 2.24) is 0 Å². The highest BCUT2D eigenvalue weighted by Gasteiger charge is 2.17. The van der Waals surface area contributed by atoms with Crippen LogP contribution in [-0.4, -0.2) is 12.6 Å². The van der Waals surface area contributed by atoms with Crippen LogP contribution in [-0.2, 0) is 4.74 Å². The number of hydrogen-bond acceptors (Lipinski definition) is 3. The molecule has 0 saturated heterocycles. The highest BCUT2D eigenvalue weighted by atomic mass is 79.9. The van der Waals surface area contributed by atoms with Crippen molar-refractivity contribution in [2.24, 2.45) is 0 Å². The zero-order valence-electron chi connectivity index (χ0n) is 7.88. The number of carbonyl (C=O) groups excluding carboxylic acids is 1. The van der Waals surface area contributed by atoms with Gasteiger partial charge in [0.2, 0.25) is 0 Å². The summed E-state index contributed by atoms with van der Waals surface area (Å²) >= 11 is 6.47. The summed E-state index contributed by atoms with van der Waals surface area (Å²) in [5.41, 5.74) is 0.553. The van der Waals surface area contributed by atoms with Gasteiger partial charge in [-0.1, -0.05) is 15.9 Å². The molecule has 15 heavy (non-hydrogen) atoms. The summed E-state index contributed by atoms with van der Waals surface area (Å²) in [5, 5.41) is 8.88. The predicted molar refractivity (Wildman–Crippen MR) is 62.5 cm³/mol. The number of benzene rings is 1. The maximum atomic E-state index is 11.5. The van der Waals surface area contributed by atoms with E-state index < -0.39 is 5.97 Å². The molecule has 1 aromatic carbocycles. The molecule has 0 bridgehead atoms. The van der Waals surface area contributed by atoms with Crippen molar-refractivity contribution in [3.8, 4) is 6.07 Å². The van der Waals surface area contributed by atoms with Crippen molar-refractivity contribution >= 4 is 37.8 Å². The normalized spacial score (nSPS) is 9.47. The summed E-state index contributed by atoms with van der Waals surface area (Å²) in [4.78, 5) is 11.5. The van der Waals surface area contributed by atoms with Crippen LogP contribution in [0.2, 0.25) is 0 Å². The number of halogens is 2. The Bertz CT molecular complexity index is 438. The van der Waals surface area contributed by atoms with Crippen LogP contribution in [0.1, 0.15) is 22.8 Å². The minimum atomic E-state index is -0.492. The van der Waals surface area contributed by atoms with E-state index in [-0.39, 0.29) is 17.7 Å². The number of ether oxygens (including phenoxy) is 1. The van der Waals surface area contributed by atoms with Gasteiger partial charge in [-0.05, 0) is 35.0 Å². The molecule has 0 spiro atoms. The molecule has 0 atom stereocenters. The average Bonchev–Trinajstić information content (AvgIpc) is 2.16. The van der Waals surface area contributed by atoms with Gasteiger partial charge in [-0.15, -0.1) is 0 Å². The van der Waals surface area contributed by atoms with Crippen LogP contribution in [0.4, 0.5) is 0 Å². The molecule has 0 radical (unpaired) electrons. The van der Waals surface area contributed by atoms with Crippen molar-refractivity contribution in [2.75, 3.05) is 6.61 Å². The molecule has 0 aromatic heterocycles. The molecule has 0 aliphatic carbocycles. The van der Waals surface area contributed by atoms with Crippen LogP contribution < -0.4 is 0 Å². The van der Waals surface area contributed by atoms with Crippen molar-refractivity contribution in [3.63, 3.8) is 0 Å². The highest BCUT2D eigenvalue weighted by molar-refractivity contribution is 9.11. The second kappa shape index (κ2) is 5.29. The third-order valence-electron chi connectivity index (χ3n) is 1.66. The van der Waals surface area contributed by atoms with Gasteiger partial charge in [-0.2, -0.15) is 5.26 Å². The van der Waals surface area contributed by atoms with Crippen molar-refractivity contribution < 1.29 is 9.53 Å². The molecular formula is C10H7Br2NO2. The summed E-state index contributed by atoms with van der Waals surface area (Å²) in [6.07, 6.45) is 0. The Kier molecular flexibility index (Phi) is 4.30. The van der Waals surface area contributed by atoms with E-state index in [4.69, 9.17) is 10.00 Å². The van der Waals surface area contributed by atoms with E-state index in [1.807, 2.05) is 6.07 Å². The van der Waals surface area contributed by atoms with E-state index in [0.717, 1.165) is 4.47 Å². The first-order valence-corrected chi connectivity index (χ1v) is 5.75. The molecule has 0 aliphatic heterocycles. The first-order chi connectivity index (χ1) is 7.10. The van der Waals surface area contributed by atoms with Gasteiger partial charge in [0.05, 0.1) is 17.7 Å². The monoisotopic (exact) mass is 331 g/mol. The Hall–Kier alpha value is -0.860. The number of rotatable bonds is 2. The summed E-state index contributed by atoms with van der Waals surface area (Å²) in [6, 6.07) is 5.24. The molecule has 1 aromatic rings. The number of nitrogens with zero attached hydrogens (tertiary/aromatic N) is 1. The van der Waals surface area contributed by atoms with E-state index in [2.05, 4.69) is 31.9 Å². The number of esters is 1. The van der Waals surface area contributed by atoms with Gasteiger partial charge in [0.1, 0.15) is 6.07 Å². The fourth-order valence-corrected chi connectivity index (χ4v) is 2.46. The summed E-state index contributed by atoms with van der Waals surface area (Å²) in [7, 11) is 0. The lowest BCUT2D eigenvalue weighted by Crippen LogP contribution is -2.08. The Morgan fingerprint density at radius 3 is 2.73 bits per heavy atom. The Balaban J connectivity index is 3.28. The molecule has 5 heteroatoms. The SMILES string of the molecule is CCOC(=O)c1c(Br)cc(Br)cc1C#N. The largest absolute Gasteiger partial charge is 0.462 e. The fourth-order valence-electron chi connectivity index (χ4n) is 1.07. The van der Waals surface area contributed by atoms with E-state index in [9.17, 15) is 4.79 Å². The van der Waals surface area contributed by atoms with Gasteiger partial charge in [0, 0.05) is 8.95 Å². The molecule has 0 saturated carbocycles. The molecule has 0 N–H and O–H groups in total. The lowest BCUT2D eigenvalue weighted by atomic mass is 10.1. The van der Waals surface area contributed by atoms with Crippen LogP contribution in [0.25, 0.3) is 0 Å². The van der Waals surface area contributed by atoms with Gasteiger partial charge < -0.3 is 4.74 Å². The Morgan fingerprint density at radius 2 is 2.20 bits per heavy atom. The zero-order valence-corrected chi connectivity index (χ0v) is 11.1. The van der Waals surface area contributed by atoms with Crippen molar-refractivity contribution in [3.05, 3.63) is 32.2 Å². The maximum Gasteiger partial charge on any atom is 0.340 e. The van der Waals surface area contributed by atoms with Crippen LogP contribution in [0.5, 0.6) is 0 Å². The molecule has 0 aliphatic rings. The van der Waals surface area contributed by atoms with Gasteiger partial charge >= 0.3 is 5.97 Å². The predicted octanol–water partition coefficient (Wildman–Crippen LogP) is 3.26. The van der Waals surface area contributed by atoms with Crippen LogP contribution in [0.3, 0.4) is 0 Å².